The second-order valence-electron chi connectivity index (χ2n) is 8.12. The van der Waals surface area contributed by atoms with Crippen LogP contribution in [0.15, 0.2) is 30.3 Å². The van der Waals surface area contributed by atoms with Crippen LogP contribution in [0.2, 0.25) is 0 Å². The van der Waals surface area contributed by atoms with Crippen LogP contribution in [-0.4, -0.2) is 58.6 Å². The number of piperidine rings is 1. The number of hydrogen-bond acceptors (Lipinski definition) is 4. The van der Waals surface area contributed by atoms with Crippen molar-refractivity contribution in [3.8, 4) is 0 Å². The van der Waals surface area contributed by atoms with Crippen LogP contribution >= 0.6 is 0 Å². The monoisotopic (exact) mass is 388 g/mol. The molecule has 2 amide bonds. The van der Waals surface area contributed by atoms with E-state index in [4.69, 9.17) is 4.74 Å². The summed E-state index contributed by atoms with van der Waals surface area (Å²) < 4.78 is 5.51. The van der Waals surface area contributed by atoms with Crippen molar-refractivity contribution in [1.82, 2.24) is 9.80 Å². The largest absolute Gasteiger partial charge is 0.465 e. The summed E-state index contributed by atoms with van der Waals surface area (Å²) >= 11 is 0. The second kappa shape index (κ2) is 8.20. The topological polar surface area (TPSA) is 87.2 Å². The first-order chi connectivity index (χ1) is 13.3. The molecule has 1 spiro atoms. The molecule has 2 saturated heterocycles. The first-order valence-corrected chi connectivity index (χ1v) is 9.83. The van der Waals surface area contributed by atoms with Gasteiger partial charge in [0.1, 0.15) is 12.6 Å². The summed E-state index contributed by atoms with van der Waals surface area (Å²) in [6.45, 7) is 5.09. The molecule has 152 valence electrons. The van der Waals surface area contributed by atoms with Crippen molar-refractivity contribution in [3.63, 3.8) is 0 Å². The van der Waals surface area contributed by atoms with Gasteiger partial charge in [-0.05, 0) is 30.7 Å². The molecule has 3 rings (SSSR count). The van der Waals surface area contributed by atoms with Crippen molar-refractivity contribution in [3.05, 3.63) is 35.9 Å². The van der Waals surface area contributed by atoms with E-state index in [-0.39, 0.29) is 25.0 Å². The van der Waals surface area contributed by atoms with Gasteiger partial charge >= 0.3 is 12.1 Å². The van der Waals surface area contributed by atoms with Gasteiger partial charge in [0.25, 0.3) is 0 Å². The molecule has 0 aliphatic carbocycles. The van der Waals surface area contributed by atoms with E-state index in [1.54, 1.807) is 4.90 Å². The number of amides is 2. The van der Waals surface area contributed by atoms with Gasteiger partial charge in [-0.25, -0.2) is 9.59 Å². The maximum atomic E-state index is 13.3. The van der Waals surface area contributed by atoms with Crippen LogP contribution in [0.25, 0.3) is 0 Å². The number of benzene rings is 1. The number of carbonyl (C=O) groups is 3. The van der Waals surface area contributed by atoms with Crippen LogP contribution in [-0.2, 0) is 20.9 Å². The van der Waals surface area contributed by atoms with Gasteiger partial charge in [0, 0.05) is 19.6 Å². The Morgan fingerprint density at radius 2 is 1.89 bits per heavy atom. The van der Waals surface area contributed by atoms with E-state index in [0.29, 0.717) is 32.4 Å². The number of carboxylic acid groups (broad SMARTS) is 1. The lowest BCUT2D eigenvalue weighted by Gasteiger charge is -2.38. The second-order valence-corrected chi connectivity index (χ2v) is 8.12. The Morgan fingerprint density at radius 1 is 1.18 bits per heavy atom. The fraction of sp³-hybridized carbons (Fsp3) is 0.571. The SMILES string of the molecule is CC(C)[C@@H](C(=O)OCc1ccccc1)N1CC[C@@]2(CCCN(C(=O)O)C2)C1=O. The summed E-state index contributed by atoms with van der Waals surface area (Å²) in [5.74, 6) is -0.620. The van der Waals surface area contributed by atoms with Gasteiger partial charge in [0.15, 0.2) is 0 Å². The third-order valence-electron chi connectivity index (χ3n) is 5.83. The van der Waals surface area contributed by atoms with Gasteiger partial charge < -0.3 is 19.6 Å². The summed E-state index contributed by atoms with van der Waals surface area (Å²) in [6, 6.07) is 8.78. The lowest BCUT2D eigenvalue weighted by atomic mass is 9.78. The van der Waals surface area contributed by atoms with Gasteiger partial charge in [-0.1, -0.05) is 44.2 Å². The minimum absolute atomic E-state index is 0.0958. The number of hydrogen-bond donors (Lipinski definition) is 1. The van der Waals surface area contributed by atoms with Gasteiger partial charge in [-0.15, -0.1) is 0 Å². The van der Waals surface area contributed by atoms with Crippen LogP contribution in [0.4, 0.5) is 4.79 Å². The molecule has 0 aromatic heterocycles. The van der Waals surface area contributed by atoms with Crippen molar-refractivity contribution in [1.29, 1.82) is 0 Å². The smallest absolute Gasteiger partial charge is 0.407 e. The van der Waals surface area contributed by atoms with Crippen molar-refractivity contribution in [2.45, 2.75) is 45.8 Å². The zero-order chi connectivity index (χ0) is 20.3. The summed E-state index contributed by atoms with van der Waals surface area (Å²) in [5.41, 5.74) is 0.190. The van der Waals surface area contributed by atoms with Gasteiger partial charge in [-0.2, -0.15) is 0 Å². The van der Waals surface area contributed by atoms with Gasteiger partial charge in [0.05, 0.1) is 5.41 Å². The van der Waals surface area contributed by atoms with Crippen molar-refractivity contribution in [2.24, 2.45) is 11.3 Å². The third-order valence-corrected chi connectivity index (χ3v) is 5.83. The first-order valence-electron chi connectivity index (χ1n) is 9.83. The van der Waals surface area contributed by atoms with Crippen LogP contribution in [0.1, 0.15) is 38.7 Å². The van der Waals surface area contributed by atoms with E-state index in [2.05, 4.69) is 0 Å². The standard InChI is InChI=1S/C21H28N2O5/c1-15(2)17(18(24)28-13-16-7-4-3-5-8-16)23-12-10-21(19(23)25)9-6-11-22(14-21)20(26)27/h3-5,7-8,15,17H,6,9-14H2,1-2H3,(H,26,27)/t17-,21+/m0/s1. The molecule has 28 heavy (non-hydrogen) atoms. The Bertz CT molecular complexity index is 736. The van der Waals surface area contributed by atoms with E-state index < -0.39 is 23.5 Å². The molecule has 0 radical (unpaired) electrons. The van der Waals surface area contributed by atoms with Crippen molar-refractivity contribution >= 4 is 18.0 Å². The summed E-state index contributed by atoms with van der Waals surface area (Å²) in [5, 5.41) is 9.32. The van der Waals surface area contributed by atoms with Crippen LogP contribution < -0.4 is 0 Å². The molecule has 0 bridgehead atoms. The van der Waals surface area contributed by atoms with E-state index >= 15 is 0 Å². The van der Waals surface area contributed by atoms with E-state index in [1.807, 2.05) is 44.2 Å². The molecule has 1 aromatic rings. The van der Waals surface area contributed by atoms with E-state index in [1.165, 1.54) is 4.90 Å². The minimum Gasteiger partial charge on any atom is -0.465 e. The average molecular weight is 388 g/mol. The van der Waals surface area contributed by atoms with E-state index in [9.17, 15) is 19.5 Å². The molecule has 0 unspecified atom stereocenters. The predicted octanol–water partition coefficient (Wildman–Crippen LogP) is 2.75. The van der Waals surface area contributed by atoms with E-state index in [0.717, 1.165) is 5.56 Å². The average Bonchev–Trinajstić information content (AvgIpc) is 2.97. The summed E-state index contributed by atoms with van der Waals surface area (Å²) in [6.07, 6.45) is 0.908. The highest BCUT2D eigenvalue weighted by Gasteiger charge is 2.52. The maximum absolute atomic E-state index is 13.3. The Balaban J connectivity index is 1.71. The molecule has 2 heterocycles. The fourth-order valence-corrected chi connectivity index (χ4v) is 4.36. The molecule has 2 fully saturated rings. The highest BCUT2D eigenvalue weighted by molar-refractivity contribution is 5.90. The zero-order valence-corrected chi connectivity index (χ0v) is 16.5. The molecule has 7 nitrogen and oxygen atoms in total. The number of ether oxygens (including phenoxy) is 1. The first kappa shape index (κ1) is 20.2. The lowest BCUT2D eigenvalue weighted by Crippen LogP contribution is -2.53. The highest BCUT2D eigenvalue weighted by Crippen LogP contribution is 2.41. The third kappa shape index (κ3) is 3.98. The molecule has 1 aromatic carbocycles. The Hall–Kier alpha value is -2.57. The molecule has 0 saturated carbocycles. The zero-order valence-electron chi connectivity index (χ0n) is 16.5. The van der Waals surface area contributed by atoms with Crippen LogP contribution in [0.5, 0.6) is 0 Å². The number of likely N-dealkylation sites (tertiary alicyclic amines) is 2. The maximum Gasteiger partial charge on any atom is 0.407 e. The van der Waals surface area contributed by atoms with Gasteiger partial charge in [-0.3, -0.25) is 4.79 Å². The summed E-state index contributed by atoms with van der Waals surface area (Å²) in [4.78, 5) is 40.4. The predicted molar refractivity (Wildman–Crippen MR) is 102 cm³/mol. The quantitative estimate of drug-likeness (QED) is 0.784. The number of rotatable bonds is 5. The fourth-order valence-electron chi connectivity index (χ4n) is 4.36. The molecule has 2 atom stereocenters. The number of carbonyl (C=O) groups excluding carboxylic acids is 2. The lowest BCUT2D eigenvalue weighted by molar-refractivity contribution is -0.159. The molecule has 2 aliphatic rings. The van der Waals surface area contributed by atoms with Gasteiger partial charge in [0.2, 0.25) is 5.91 Å². The normalized spacial score (nSPS) is 23.3. The Kier molecular flexibility index (Phi) is 5.91. The minimum atomic E-state index is -0.993. The Morgan fingerprint density at radius 3 is 2.54 bits per heavy atom. The van der Waals surface area contributed by atoms with Crippen LogP contribution in [0.3, 0.4) is 0 Å². The molecular weight excluding hydrogens is 360 g/mol. The molecule has 7 heteroatoms. The molecule has 2 aliphatic heterocycles. The number of nitrogens with zero attached hydrogens (tertiary/aromatic N) is 2. The number of esters is 1. The van der Waals surface area contributed by atoms with Crippen molar-refractivity contribution < 1.29 is 24.2 Å². The van der Waals surface area contributed by atoms with Crippen LogP contribution in [0, 0.1) is 11.3 Å². The molecule has 1 N–H and O–H groups in total. The highest BCUT2D eigenvalue weighted by atomic mass is 16.5. The molecular formula is C21H28N2O5. The van der Waals surface area contributed by atoms with Crippen molar-refractivity contribution in [2.75, 3.05) is 19.6 Å². The summed E-state index contributed by atoms with van der Waals surface area (Å²) in [7, 11) is 0. The Labute approximate surface area is 165 Å².